The molecule has 1 atom stereocenters. The monoisotopic (exact) mass is 416 g/mol. The lowest BCUT2D eigenvalue weighted by Gasteiger charge is -2.31. The number of halogens is 1. The average Bonchev–Trinajstić information content (AvgIpc) is 2.70. The molecule has 2 rings (SSSR count). The Morgan fingerprint density at radius 2 is 1.72 bits per heavy atom. The zero-order chi connectivity index (χ0) is 21.2. The number of carbonyl (C=O) groups excluding carboxylic acids is 2. The smallest absolute Gasteiger partial charge is 0.242 e. The first-order valence-electron chi connectivity index (χ1n) is 9.90. The maximum atomic E-state index is 13.8. The van der Waals surface area contributed by atoms with Crippen LogP contribution in [-0.4, -0.2) is 35.1 Å². The van der Waals surface area contributed by atoms with Crippen molar-refractivity contribution in [3.63, 3.8) is 0 Å². The SMILES string of the molecule is CCNC(=O)[C@H](CC)N(Cc1ccccc1C)C(=O)CSCc1ccccc1F. The molecule has 29 heavy (non-hydrogen) atoms. The minimum Gasteiger partial charge on any atom is -0.355 e. The van der Waals surface area contributed by atoms with Gasteiger partial charge in [-0.3, -0.25) is 9.59 Å². The molecular weight excluding hydrogens is 387 g/mol. The third-order valence-corrected chi connectivity index (χ3v) is 5.75. The Hall–Kier alpha value is -2.34. The highest BCUT2D eigenvalue weighted by molar-refractivity contribution is 7.99. The van der Waals surface area contributed by atoms with Gasteiger partial charge in [0, 0.05) is 18.8 Å². The summed E-state index contributed by atoms with van der Waals surface area (Å²) in [7, 11) is 0. The third kappa shape index (κ3) is 6.60. The minimum absolute atomic E-state index is 0.118. The van der Waals surface area contributed by atoms with Crippen LogP contribution in [0, 0.1) is 12.7 Å². The van der Waals surface area contributed by atoms with Crippen molar-refractivity contribution in [1.82, 2.24) is 10.2 Å². The predicted molar refractivity (Wildman–Crippen MR) is 117 cm³/mol. The Bertz CT molecular complexity index is 828. The van der Waals surface area contributed by atoms with E-state index in [-0.39, 0.29) is 23.4 Å². The number of aryl methyl sites for hydroxylation is 1. The topological polar surface area (TPSA) is 49.4 Å². The van der Waals surface area contributed by atoms with Gasteiger partial charge in [-0.05, 0) is 43.0 Å². The first-order chi connectivity index (χ1) is 14.0. The summed E-state index contributed by atoms with van der Waals surface area (Å²) in [6, 6.07) is 13.9. The van der Waals surface area contributed by atoms with E-state index in [1.54, 1.807) is 23.1 Å². The van der Waals surface area contributed by atoms with Crippen molar-refractivity contribution in [1.29, 1.82) is 0 Å². The Morgan fingerprint density at radius 3 is 2.34 bits per heavy atom. The molecular formula is C23H29FN2O2S. The van der Waals surface area contributed by atoms with Crippen molar-refractivity contribution in [2.24, 2.45) is 0 Å². The molecule has 4 nitrogen and oxygen atoms in total. The fourth-order valence-electron chi connectivity index (χ4n) is 3.13. The Morgan fingerprint density at radius 1 is 1.07 bits per heavy atom. The van der Waals surface area contributed by atoms with Crippen molar-refractivity contribution >= 4 is 23.6 Å². The second-order valence-electron chi connectivity index (χ2n) is 6.85. The summed E-state index contributed by atoms with van der Waals surface area (Å²) in [5.41, 5.74) is 2.67. The third-order valence-electron chi connectivity index (χ3n) is 4.78. The molecule has 0 fully saturated rings. The molecule has 2 aromatic rings. The number of nitrogens with one attached hydrogen (secondary N) is 1. The highest BCUT2D eigenvalue weighted by atomic mass is 32.2. The van der Waals surface area contributed by atoms with Crippen molar-refractivity contribution in [3.8, 4) is 0 Å². The van der Waals surface area contributed by atoms with Crippen molar-refractivity contribution in [3.05, 3.63) is 71.0 Å². The fourth-order valence-corrected chi connectivity index (χ4v) is 4.03. The molecule has 0 aliphatic carbocycles. The normalized spacial score (nSPS) is 11.7. The number of hydrogen-bond acceptors (Lipinski definition) is 3. The van der Waals surface area contributed by atoms with Crippen molar-refractivity contribution in [2.75, 3.05) is 12.3 Å². The van der Waals surface area contributed by atoms with E-state index >= 15 is 0 Å². The van der Waals surface area contributed by atoms with Crippen molar-refractivity contribution < 1.29 is 14.0 Å². The number of benzene rings is 2. The molecule has 0 saturated heterocycles. The van der Waals surface area contributed by atoms with Gasteiger partial charge in [-0.25, -0.2) is 4.39 Å². The van der Waals surface area contributed by atoms with E-state index in [9.17, 15) is 14.0 Å². The number of thioether (sulfide) groups is 1. The summed E-state index contributed by atoms with van der Waals surface area (Å²) in [6.07, 6.45) is 0.529. The van der Waals surface area contributed by atoms with Gasteiger partial charge in [-0.15, -0.1) is 11.8 Å². The van der Waals surface area contributed by atoms with E-state index in [0.29, 0.717) is 30.8 Å². The molecule has 0 heterocycles. The van der Waals surface area contributed by atoms with Gasteiger partial charge < -0.3 is 10.2 Å². The first-order valence-corrected chi connectivity index (χ1v) is 11.1. The highest BCUT2D eigenvalue weighted by Crippen LogP contribution is 2.19. The second kappa shape index (κ2) is 11.6. The lowest BCUT2D eigenvalue weighted by atomic mass is 10.1. The number of rotatable bonds is 10. The highest BCUT2D eigenvalue weighted by Gasteiger charge is 2.28. The van der Waals surface area contributed by atoms with Gasteiger partial charge in [0.2, 0.25) is 11.8 Å². The van der Waals surface area contributed by atoms with Crippen LogP contribution < -0.4 is 5.32 Å². The molecule has 0 unspecified atom stereocenters. The molecule has 0 aromatic heterocycles. The molecule has 0 aliphatic heterocycles. The number of amides is 2. The van der Waals surface area contributed by atoms with Crippen LogP contribution in [0.15, 0.2) is 48.5 Å². The maximum absolute atomic E-state index is 13.8. The van der Waals surface area contributed by atoms with Crippen molar-refractivity contribution in [2.45, 2.75) is 45.5 Å². The van der Waals surface area contributed by atoms with Crippen LogP contribution in [0.3, 0.4) is 0 Å². The van der Waals surface area contributed by atoms with Crippen LogP contribution in [0.25, 0.3) is 0 Å². The molecule has 0 aliphatic rings. The van der Waals surface area contributed by atoms with Crippen LogP contribution in [0.2, 0.25) is 0 Å². The standard InChI is InChI=1S/C23H29FN2O2S/c1-4-21(23(28)25-5-2)26(14-18-11-7-6-10-17(18)3)22(27)16-29-15-19-12-8-9-13-20(19)24/h6-13,21H,4-5,14-16H2,1-3H3,(H,25,28)/t21-/m0/s1. The van der Waals surface area contributed by atoms with Crippen LogP contribution in [0.5, 0.6) is 0 Å². The summed E-state index contributed by atoms with van der Waals surface area (Å²) in [4.78, 5) is 27.3. The predicted octanol–water partition coefficient (Wildman–Crippen LogP) is 4.31. The van der Waals surface area contributed by atoms with Gasteiger partial charge in [0.25, 0.3) is 0 Å². The molecule has 0 bridgehead atoms. The van der Waals surface area contributed by atoms with Gasteiger partial charge >= 0.3 is 0 Å². The molecule has 156 valence electrons. The van der Waals surface area contributed by atoms with E-state index < -0.39 is 6.04 Å². The zero-order valence-corrected chi connectivity index (χ0v) is 18.1. The molecule has 6 heteroatoms. The minimum atomic E-state index is -0.531. The summed E-state index contributed by atoms with van der Waals surface area (Å²) in [5, 5.41) is 2.83. The Labute approximate surface area is 176 Å². The fraction of sp³-hybridized carbons (Fsp3) is 0.391. The Kier molecular flexibility index (Phi) is 9.19. The molecule has 0 spiro atoms. The number of nitrogens with zero attached hydrogens (tertiary/aromatic N) is 1. The van der Waals surface area contributed by atoms with Gasteiger partial charge in [0.05, 0.1) is 5.75 Å². The van der Waals surface area contributed by atoms with Gasteiger partial charge in [0.1, 0.15) is 11.9 Å². The quantitative estimate of drug-likeness (QED) is 0.628. The second-order valence-corrected chi connectivity index (χ2v) is 7.84. The van der Waals surface area contributed by atoms with E-state index in [1.165, 1.54) is 17.8 Å². The van der Waals surface area contributed by atoms with Gasteiger partial charge in [-0.2, -0.15) is 0 Å². The van der Waals surface area contributed by atoms with Crippen LogP contribution in [0.1, 0.15) is 37.0 Å². The summed E-state index contributed by atoms with van der Waals surface area (Å²) in [6.45, 7) is 6.66. The van der Waals surface area contributed by atoms with E-state index in [2.05, 4.69) is 5.32 Å². The molecule has 2 amide bonds. The molecule has 2 aromatic carbocycles. The molecule has 0 radical (unpaired) electrons. The number of carbonyl (C=O) groups is 2. The Balaban J connectivity index is 2.14. The largest absolute Gasteiger partial charge is 0.355 e. The average molecular weight is 417 g/mol. The van der Waals surface area contributed by atoms with Crippen LogP contribution in [-0.2, 0) is 21.9 Å². The van der Waals surface area contributed by atoms with Crippen LogP contribution >= 0.6 is 11.8 Å². The van der Waals surface area contributed by atoms with E-state index in [0.717, 1.165) is 11.1 Å². The zero-order valence-electron chi connectivity index (χ0n) is 17.3. The van der Waals surface area contributed by atoms with E-state index in [4.69, 9.17) is 0 Å². The molecule has 0 saturated carbocycles. The van der Waals surface area contributed by atoms with Crippen LogP contribution in [0.4, 0.5) is 4.39 Å². The summed E-state index contributed by atoms with van der Waals surface area (Å²) >= 11 is 1.36. The maximum Gasteiger partial charge on any atom is 0.242 e. The number of hydrogen-bond donors (Lipinski definition) is 1. The van der Waals surface area contributed by atoms with E-state index in [1.807, 2.05) is 45.0 Å². The number of likely N-dealkylation sites (N-methyl/N-ethyl adjacent to an activating group) is 1. The first kappa shape index (κ1) is 22.9. The molecule has 1 N–H and O–H groups in total. The lowest BCUT2D eigenvalue weighted by molar-refractivity contribution is -0.139. The summed E-state index contributed by atoms with van der Waals surface area (Å²) in [5.74, 6) is 0.0757. The van der Waals surface area contributed by atoms with Gasteiger partial charge in [0.15, 0.2) is 0 Å². The van der Waals surface area contributed by atoms with Gasteiger partial charge in [-0.1, -0.05) is 49.4 Å². The summed E-state index contributed by atoms with van der Waals surface area (Å²) < 4.78 is 13.8. The lowest BCUT2D eigenvalue weighted by Crippen LogP contribution is -2.49.